The van der Waals surface area contributed by atoms with E-state index in [2.05, 4.69) is 5.32 Å². The summed E-state index contributed by atoms with van der Waals surface area (Å²) >= 11 is 0.963. The van der Waals surface area contributed by atoms with Crippen molar-refractivity contribution in [3.8, 4) is 0 Å². The Kier molecular flexibility index (Phi) is 6.50. The van der Waals surface area contributed by atoms with Crippen LogP contribution in [0.15, 0.2) is 18.2 Å². The molecule has 1 unspecified atom stereocenters. The molecule has 0 saturated heterocycles. The number of thiophene rings is 1. The summed E-state index contributed by atoms with van der Waals surface area (Å²) in [5, 5.41) is 21.6. The van der Waals surface area contributed by atoms with E-state index >= 15 is 0 Å². The molecule has 9 heteroatoms. The number of rotatable bonds is 8. The first-order valence-electron chi connectivity index (χ1n) is 5.94. The lowest BCUT2D eigenvalue weighted by molar-refractivity contribution is -0.380. The first kappa shape index (κ1) is 16.8. The molecular formula is C12H14N2O6S. The van der Waals surface area contributed by atoms with Gasteiger partial charge in [-0.1, -0.05) is 11.3 Å². The van der Waals surface area contributed by atoms with Gasteiger partial charge in [0.2, 0.25) is 5.91 Å². The zero-order chi connectivity index (χ0) is 15.8. The van der Waals surface area contributed by atoms with E-state index in [-0.39, 0.29) is 18.2 Å². The minimum Gasteiger partial charge on any atom is -0.479 e. The van der Waals surface area contributed by atoms with Gasteiger partial charge in [-0.25, -0.2) is 4.79 Å². The van der Waals surface area contributed by atoms with Crippen LogP contribution in [0.4, 0.5) is 5.00 Å². The average molecular weight is 314 g/mol. The van der Waals surface area contributed by atoms with Gasteiger partial charge >= 0.3 is 11.0 Å². The second-order valence-corrected chi connectivity index (χ2v) is 5.00. The maximum absolute atomic E-state index is 11.4. The number of nitrogens with zero attached hydrogens (tertiary/aromatic N) is 1. The fraction of sp³-hybridized carbons (Fsp3) is 0.333. The summed E-state index contributed by atoms with van der Waals surface area (Å²) in [5.74, 6) is -1.46. The largest absolute Gasteiger partial charge is 0.479 e. The number of nitro groups is 1. The molecule has 21 heavy (non-hydrogen) atoms. The summed E-state index contributed by atoms with van der Waals surface area (Å²) < 4.78 is 4.94. The van der Waals surface area contributed by atoms with E-state index < -0.39 is 22.9 Å². The Bertz CT molecular complexity index is 554. The maximum atomic E-state index is 11.4. The van der Waals surface area contributed by atoms with E-state index in [1.165, 1.54) is 25.1 Å². The van der Waals surface area contributed by atoms with Crippen molar-refractivity contribution >= 4 is 34.3 Å². The van der Waals surface area contributed by atoms with Crippen molar-refractivity contribution in [3.63, 3.8) is 0 Å². The van der Waals surface area contributed by atoms with Crippen molar-refractivity contribution in [3.05, 3.63) is 33.2 Å². The van der Waals surface area contributed by atoms with Gasteiger partial charge in [-0.2, -0.15) is 0 Å². The summed E-state index contributed by atoms with van der Waals surface area (Å²) in [4.78, 5) is 32.5. The van der Waals surface area contributed by atoms with Crippen LogP contribution in [0.5, 0.6) is 0 Å². The van der Waals surface area contributed by atoms with Crippen LogP contribution in [0.3, 0.4) is 0 Å². The zero-order valence-electron chi connectivity index (χ0n) is 11.1. The van der Waals surface area contributed by atoms with Crippen LogP contribution < -0.4 is 5.32 Å². The van der Waals surface area contributed by atoms with Gasteiger partial charge in [-0.3, -0.25) is 14.9 Å². The molecule has 0 fully saturated rings. The lowest BCUT2D eigenvalue weighted by atomic mass is 10.4. The van der Waals surface area contributed by atoms with Gasteiger partial charge in [-0.05, 0) is 19.1 Å². The molecule has 1 amide bonds. The Labute approximate surface area is 124 Å². The zero-order valence-corrected chi connectivity index (χ0v) is 12.0. The number of hydrogen-bond acceptors (Lipinski definition) is 6. The fourth-order valence-corrected chi connectivity index (χ4v) is 1.95. The summed E-state index contributed by atoms with van der Waals surface area (Å²) in [7, 11) is 0. The van der Waals surface area contributed by atoms with Crippen molar-refractivity contribution < 1.29 is 24.4 Å². The number of amides is 1. The van der Waals surface area contributed by atoms with Gasteiger partial charge < -0.3 is 15.2 Å². The standard InChI is InChI=1S/C12H14N2O6S/c1-8(12(16)17)20-7-6-13-10(15)4-2-9-3-5-11(21-9)14(18)19/h2-5,8H,6-7H2,1H3,(H,13,15)(H,16,17)/b4-2+. The van der Waals surface area contributed by atoms with E-state index in [0.717, 1.165) is 11.3 Å². The smallest absolute Gasteiger partial charge is 0.332 e. The maximum Gasteiger partial charge on any atom is 0.332 e. The lowest BCUT2D eigenvalue weighted by Crippen LogP contribution is -2.29. The van der Waals surface area contributed by atoms with E-state index in [9.17, 15) is 19.7 Å². The molecule has 114 valence electrons. The minimum absolute atomic E-state index is 0.00566. The van der Waals surface area contributed by atoms with Gasteiger partial charge in [0, 0.05) is 23.6 Å². The normalized spacial score (nSPS) is 12.2. The SMILES string of the molecule is CC(OCCNC(=O)/C=C/c1ccc([N+](=O)[O-])s1)C(=O)O. The van der Waals surface area contributed by atoms with Crippen LogP contribution in [-0.4, -0.2) is 41.2 Å². The third-order valence-electron chi connectivity index (χ3n) is 2.31. The number of ether oxygens (including phenoxy) is 1. The molecule has 0 aliphatic rings. The molecule has 0 bridgehead atoms. The predicted octanol–water partition coefficient (Wildman–Crippen LogP) is 1.28. The monoisotopic (exact) mass is 314 g/mol. The molecular weight excluding hydrogens is 300 g/mol. The van der Waals surface area contributed by atoms with Crippen molar-refractivity contribution in [1.82, 2.24) is 5.32 Å². The first-order chi connectivity index (χ1) is 9.90. The first-order valence-corrected chi connectivity index (χ1v) is 6.76. The number of aliphatic carboxylic acids is 1. The summed E-state index contributed by atoms with van der Waals surface area (Å²) in [6.07, 6.45) is 1.79. The van der Waals surface area contributed by atoms with E-state index in [0.29, 0.717) is 4.88 Å². The highest BCUT2D eigenvalue weighted by Gasteiger charge is 2.10. The molecule has 0 aliphatic carbocycles. The van der Waals surface area contributed by atoms with E-state index in [4.69, 9.17) is 9.84 Å². The second-order valence-electron chi connectivity index (χ2n) is 3.91. The third-order valence-corrected chi connectivity index (χ3v) is 3.31. The molecule has 8 nitrogen and oxygen atoms in total. The molecule has 0 radical (unpaired) electrons. The second kappa shape index (κ2) is 8.12. The molecule has 1 rings (SSSR count). The van der Waals surface area contributed by atoms with Crippen LogP contribution in [0, 0.1) is 10.1 Å². The Balaban J connectivity index is 2.31. The molecule has 1 atom stereocenters. The van der Waals surface area contributed by atoms with Gasteiger partial charge in [0.25, 0.3) is 0 Å². The van der Waals surface area contributed by atoms with E-state index in [1.54, 1.807) is 6.07 Å². The number of nitrogens with one attached hydrogen (secondary N) is 1. The van der Waals surface area contributed by atoms with Gasteiger partial charge in [0.1, 0.15) is 0 Å². The molecule has 1 heterocycles. The van der Waals surface area contributed by atoms with Crippen molar-refractivity contribution in [2.24, 2.45) is 0 Å². The Morgan fingerprint density at radius 1 is 1.57 bits per heavy atom. The Morgan fingerprint density at radius 2 is 2.29 bits per heavy atom. The Hall–Kier alpha value is -2.26. The molecule has 1 aromatic rings. The topological polar surface area (TPSA) is 119 Å². The summed E-state index contributed by atoms with van der Waals surface area (Å²) in [6, 6.07) is 2.91. The highest BCUT2D eigenvalue weighted by Crippen LogP contribution is 2.24. The summed E-state index contributed by atoms with van der Waals surface area (Å²) in [6.45, 7) is 1.65. The van der Waals surface area contributed by atoms with Crippen LogP contribution in [0.1, 0.15) is 11.8 Å². The van der Waals surface area contributed by atoms with Crippen LogP contribution in [-0.2, 0) is 14.3 Å². The molecule has 0 aromatic carbocycles. The molecule has 0 spiro atoms. The number of carboxylic acids is 1. The minimum atomic E-state index is -1.07. The van der Waals surface area contributed by atoms with Crippen molar-refractivity contribution in [2.75, 3.05) is 13.2 Å². The van der Waals surface area contributed by atoms with E-state index in [1.807, 2.05) is 0 Å². The highest BCUT2D eigenvalue weighted by molar-refractivity contribution is 7.16. The van der Waals surface area contributed by atoms with Gasteiger partial charge in [-0.15, -0.1) is 0 Å². The predicted molar refractivity (Wildman–Crippen MR) is 76.1 cm³/mol. The number of carboxylic acid groups (broad SMARTS) is 1. The van der Waals surface area contributed by atoms with Crippen LogP contribution in [0.25, 0.3) is 6.08 Å². The molecule has 0 aliphatic heterocycles. The Morgan fingerprint density at radius 3 is 2.86 bits per heavy atom. The molecule has 1 aromatic heterocycles. The highest BCUT2D eigenvalue weighted by atomic mass is 32.1. The van der Waals surface area contributed by atoms with Crippen molar-refractivity contribution in [1.29, 1.82) is 0 Å². The van der Waals surface area contributed by atoms with Gasteiger partial charge in [0.15, 0.2) is 6.10 Å². The lowest BCUT2D eigenvalue weighted by Gasteiger charge is -2.08. The van der Waals surface area contributed by atoms with Crippen molar-refractivity contribution in [2.45, 2.75) is 13.0 Å². The molecule has 2 N–H and O–H groups in total. The van der Waals surface area contributed by atoms with Gasteiger partial charge in [0.05, 0.1) is 11.5 Å². The van der Waals surface area contributed by atoms with Crippen LogP contribution >= 0.6 is 11.3 Å². The fourth-order valence-electron chi connectivity index (χ4n) is 1.23. The quantitative estimate of drug-likeness (QED) is 0.323. The number of carbonyl (C=O) groups excluding carboxylic acids is 1. The average Bonchev–Trinajstić information content (AvgIpc) is 2.90. The number of carbonyl (C=O) groups is 2. The third kappa shape index (κ3) is 6.15. The number of hydrogen-bond donors (Lipinski definition) is 2. The molecule has 0 saturated carbocycles. The summed E-state index contributed by atoms with van der Waals surface area (Å²) in [5.41, 5.74) is 0. The van der Waals surface area contributed by atoms with Crippen LogP contribution in [0.2, 0.25) is 0 Å².